The van der Waals surface area contributed by atoms with E-state index in [0.29, 0.717) is 0 Å². The SMILES string of the molecule is CC(C)(C)[C@H](O)CN1CCN(CC2CCCCC2)CC1. The lowest BCUT2D eigenvalue weighted by atomic mass is 9.88. The second kappa shape index (κ2) is 7.24. The molecule has 2 rings (SSSR count). The van der Waals surface area contributed by atoms with Gasteiger partial charge in [0.25, 0.3) is 0 Å². The van der Waals surface area contributed by atoms with Gasteiger partial charge in [-0.2, -0.15) is 0 Å². The van der Waals surface area contributed by atoms with Gasteiger partial charge in [-0.05, 0) is 24.2 Å². The summed E-state index contributed by atoms with van der Waals surface area (Å²) in [4.78, 5) is 5.09. The van der Waals surface area contributed by atoms with Gasteiger partial charge in [-0.1, -0.05) is 40.0 Å². The molecule has 0 radical (unpaired) electrons. The summed E-state index contributed by atoms with van der Waals surface area (Å²) in [6.07, 6.45) is 7.03. The molecule has 1 aliphatic heterocycles. The highest BCUT2D eigenvalue weighted by Crippen LogP contribution is 2.25. The van der Waals surface area contributed by atoms with Gasteiger partial charge in [-0.15, -0.1) is 0 Å². The maximum absolute atomic E-state index is 10.2. The monoisotopic (exact) mass is 282 g/mol. The number of hydrogen-bond acceptors (Lipinski definition) is 3. The minimum Gasteiger partial charge on any atom is -0.391 e. The van der Waals surface area contributed by atoms with Crippen molar-refractivity contribution in [2.45, 2.75) is 59.0 Å². The average Bonchev–Trinajstić information content (AvgIpc) is 2.41. The third-order valence-corrected chi connectivity index (χ3v) is 5.14. The van der Waals surface area contributed by atoms with Crippen LogP contribution in [0.1, 0.15) is 52.9 Å². The largest absolute Gasteiger partial charge is 0.391 e. The molecule has 0 amide bonds. The quantitative estimate of drug-likeness (QED) is 0.858. The Morgan fingerprint density at radius 1 is 0.950 bits per heavy atom. The molecule has 1 saturated heterocycles. The molecule has 118 valence electrons. The smallest absolute Gasteiger partial charge is 0.0715 e. The number of piperazine rings is 1. The van der Waals surface area contributed by atoms with Crippen molar-refractivity contribution >= 4 is 0 Å². The van der Waals surface area contributed by atoms with Crippen molar-refractivity contribution in [3.05, 3.63) is 0 Å². The van der Waals surface area contributed by atoms with E-state index < -0.39 is 0 Å². The molecule has 0 bridgehead atoms. The summed E-state index contributed by atoms with van der Waals surface area (Å²) in [6, 6.07) is 0. The third-order valence-electron chi connectivity index (χ3n) is 5.14. The first-order chi connectivity index (χ1) is 9.45. The number of rotatable bonds is 4. The lowest BCUT2D eigenvalue weighted by molar-refractivity contribution is 0.0111. The van der Waals surface area contributed by atoms with Crippen molar-refractivity contribution in [2.75, 3.05) is 39.3 Å². The van der Waals surface area contributed by atoms with Crippen LogP contribution in [0, 0.1) is 11.3 Å². The molecule has 3 heteroatoms. The first-order valence-electron chi connectivity index (χ1n) is 8.58. The molecular formula is C17H34N2O. The molecular weight excluding hydrogens is 248 g/mol. The fourth-order valence-electron chi connectivity index (χ4n) is 3.41. The van der Waals surface area contributed by atoms with E-state index in [1.807, 2.05) is 0 Å². The predicted octanol–water partition coefficient (Wildman–Crippen LogP) is 2.59. The summed E-state index contributed by atoms with van der Waals surface area (Å²) in [5.74, 6) is 0.954. The maximum atomic E-state index is 10.2. The summed E-state index contributed by atoms with van der Waals surface area (Å²) >= 11 is 0. The molecule has 2 fully saturated rings. The fourth-order valence-corrected chi connectivity index (χ4v) is 3.41. The van der Waals surface area contributed by atoms with Crippen LogP contribution in [0.25, 0.3) is 0 Å². The Bertz CT molecular complexity index is 273. The van der Waals surface area contributed by atoms with Crippen molar-refractivity contribution in [2.24, 2.45) is 11.3 Å². The van der Waals surface area contributed by atoms with Crippen LogP contribution in [0.4, 0.5) is 0 Å². The Hall–Kier alpha value is -0.120. The zero-order chi connectivity index (χ0) is 14.6. The number of β-amino-alcohol motifs (C(OH)–C–C–N with tert-alkyl or cyclic N) is 1. The van der Waals surface area contributed by atoms with Gasteiger partial charge in [0.1, 0.15) is 0 Å². The van der Waals surface area contributed by atoms with Gasteiger partial charge >= 0.3 is 0 Å². The van der Waals surface area contributed by atoms with E-state index in [-0.39, 0.29) is 11.5 Å². The molecule has 2 aliphatic rings. The average molecular weight is 282 g/mol. The molecule has 1 aliphatic carbocycles. The van der Waals surface area contributed by atoms with Crippen LogP contribution in [-0.2, 0) is 0 Å². The van der Waals surface area contributed by atoms with E-state index >= 15 is 0 Å². The first-order valence-corrected chi connectivity index (χ1v) is 8.58. The first kappa shape index (κ1) is 16.3. The van der Waals surface area contributed by atoms with Crippen molar-refractivity contribution in [3.8, 4) is 0 Å². The van der Waals surface area contributed by atoms with E-state index in [0.717, 1.165) is 25.6 Å². The zero-order valence-corrected chi connectivity index (χ0v) is 13.8. The maximum Gasteiger partial charge on any atom is 0.0715 e. The van der Waals surface area contributed by atoms with E-state index in [1.54, 1.807) is 0 Å². The molecule has 0 unspecified atom stereocenters. The summed E-state index contributed by atoms with van der Waals surface area (Å²) in [5, 5.41) is 10.2. The van der Waals surface area contributed by atoms with Crippen molar-refractivity contribution < 1.29 is 5.11 Å². The van der Waals surface area contributed by atoms with Crippen LogP contribution < -0.4 is 0 Å². The summed E-state index contributed by atoms with van der Waals surface area (Å²) in [5.41, 5.74) is -0.000762. The van der Waals surface area contributed by atoms with Crippen LogP contribution in [0.2, 0.25) is 0 Å². The van der Waals surface area contributed by atoms with Gasteiger partial charge in [0.2, 0.25) is 0 Å². The van der Waals surface area contributed by atoms with Crippen LogP contribution >= 0.6 is 0 Å². The molecule has 0 spiro atoms. The molecule has 1 atom stereocenters. The van der Waals surface area contributed by atoms with Crippen LogP contribution in [-0.4, -0.2) is 60.3 Å². The van der Waals surface area contributed by atoms with Crippen molar-refractivity contribution in [1.29, 1.82) is 0 Å². The molecule has 1 saturated carbocycles. The van der Waals surface area contributed by atoms with E-state index in [4.69, 9.17) is 0 Å². The Morgan fingerprint density at radius 2 is 1.50 bits per heavy atom. The van der Waals surface area contributed by atoms with Gasteiger partial charge in [0.15, 0.2) is 0 Å². The standard InChI is InChI=1S/C17H34N2O/c1-17(2,3)16(20)14-19-11-9-18(10-12-19)13-15-7-5-4-6-8-15/h15-16,20H,4-14H2,1-3H3/t16-/m1/s1. The van der Waals surface area contributed by atoms with Crippen molar-refractivity contribution in [1.82, 2.24) is 9.80 Å². The highest BCUT2D eigenvalue weighted by atomic mass is 16.3. The number of hydrogen-bond donors (Lipinski definition) is 1. The molecule has 20 heavy (non-hydrogen) atoms. The molecule has 0 aromatic carbocycles. The Morgan fingerprint density at radius 3 is 2.05 bits per heavy atom. The summed E-state index contributed by atoms with van der Waals surface area (Å²) < 4.78 is 0. The number of aliphatic hydroxyl groups excluding tert-OH is 1. The van der Waals surface area contributed by atoms with E-state index in [2.05, 4.69) is 30.6 Å². The van der Waals surface area contributed by atoms with Crippen LogP contribution in [0.3, 0.4) is 0 Å². The van der Waals surface area contributed by atoms with E-state index in [1.165, 1.54) is 51.7 Å². The van der Waals surface area contributed by atoms with E-state index in [9.17, 15) is 5.11 Å². The Kier molecular flexibility index (Phi) is 5.88. The van der Waals surface area contributed by atoms with Gasteiger partial charge in [0, 0.05) is 39.3 Å². The fraction of sp³-hybridized carbons (Fsp3) is 1.00. The third kappa shape index (κ3) is 5.01. The summed E-state index contributed by atoms with van der Waals surface area (Å²) in [7, 11) is 0. The highest BCUT2D eigenvalue weighted by molar-refractivity contribution is 4.81. The zero-order valence-electron chi connectivity index (χ0n) is 13.8. The summed E-state index contributed by atoms with van der Waals surface area (Å²) in [6.45, 7) is 13.1. The molecule has 0 aromatic rings. The predicted molar refractivity (Wildman–Crippen MR) is 84.9 cm³/mol. The number of nitrogens with zero attached hydrogens (tertiary/aromatic N) is 2. The van der Waals surface area contributed by atoms with Gasteiger partial charge in [-0.3, -0.25) is 4.90 Å². The second-order valence-corrected chi connectivity index (χ2v) is 7.99. The van der Waals surface area contributed by atoms with Crippen molar-refractivity contribution in [3.63, 3.8) is 0 Å². The lowest BCUT2D eigenvalue weighted by Crippen LogP contribution is -2.51. The van der Waals surface area contributed by atoms with Gasteiger partial charge < -0.3 is 10.0 Å². The topological polar surface area (TPSA) is 26.7 Å². The number of aliphatic hydroxyl groups is 1. The van der Waals surface area contributed by atoms with Gasteiger partial charge in [0.05, 0.1) is 6.10 Å². The minimum atomic E-state index is -0.215. The van der Waals surface area contributed by atoms with Crippen LogP contribution in [0.15, 0.2) is 0 Å². The van der Waals surface area contributed by atoms with Crippen LogP contribution in [0.5, 0.6) is 0 Å². The van der Waals surface area contributed by atoms with Gasteiger partial charge in [-0.25, -0.2) is 0 Å². The Labute approximate surface area is 125 Å². The second-order valence-electron chi connectivity index (χ2n) is 7.99. The molecule has 1 N–H and O–H groups in total. The lowest BCUT2D eigenvalue weighted by Gasteiger charge is -2.39. The highest BCUT2D eigenvalue weighted by Gasteiger charge is 2.27. The molecule has 0 aromatic heterocycles. The Balaban J connectivity index is 1.67. The normalized spacial score (nSPS) is 25.8. The molecule has 3 nitrogen and oxygen atoms in total. The minimum absolute atomic E-state index is 0.000762. The molecule has 1 heterocycles.